The molecule has 4 aromatic rings. The number of nitrogens with zero attached hydrogens (tertiary/aromatic N) is 4. The van der Waals surface area contributed by atoms with E-state index in [0.29, 0.717) is 11.6 Å². The molecule has 46 heavy (non-hydrogen) atoms. The first kappa shape index (κ1) is 31.6. The van der Waals surface area contributed by atoms with E-state index in [0.717, 1.165) is 30.3 Å². The van der Waals surface area contributed by atoms with Gasteiger partial charge in [0.25, 0.3) is 5.91 Å². The molecule has 0 radical (unpaired) electrons. The van der Waals surface area contributed by atoms with Gasteiger partial charge in [-0.2, -0.15) is 31.6 Å². The summed E-state index contributed by atoms with van der Waals surface area (Å²) >= 11 is 0. The molecule has 2 heterocycles. The summed E-state index contributed by atoms with van der Waals surface area (Å²) in [5.41, 5.74) is -7.20. The summed E-state index contributed by atoms with van der Waals surface area (Å²) < 4.78 is 137. The van der Waals surface area contributed by atoms with E-state index < -0.39 is 55.9 Å². The van der Waals surface area contributed by atoms with Gasteiger partial charge in [0.15, 0.2) is 9.84 Å². The van der Waals surface area contributed by atoms with Gasteiger partial charge in [-0.1, -0.05) is 30.3 Å². The van der Waals surface area contributed by atoms with Gasteiger partial charge in [-0.15, -0.1) is 10.2 Å². The molecule has 2 aliphatic rings. The number of carbonyl (C=O) groups excluding carboxylic acids is 1. The largest absolute Gasteiger partial charge is 0.435 e. The third kappa shape index (κ3) is 4.57. The molecule has 1 saturated heterocycles. The van der Waals surface area contributed by atoms with Crippen molar-refractivity contribution in [1.82, 2.24) is 25.5 Å². The van der Waals surface area contributed by atoms with Crippen LogP contribution in [-0.2, 0) is 26.7 Å². The first-order chi connectivity index (χ1) is 21.5. The number of likely N-dealkylation sites (tertiary alicyclic amines) is 1. The van der Waals surface area contributed by atoms with Gasteiger partial charge in [-0.05, 0) is 72.0 Å². The fourth-order valence-electron chi connectivity index (χ4n) is 6.51. The van der Waals surface area contributed by atoms with Crippen molar-refractivity contribution in [2.75, 3.05) is 6.54 Å². The summed E-state index contributed by atoms with van der Waals surface area (Å²) in [4.78, 5) is 14.7. The van der Waals surface area contributed by atoms with Crippen molar-refractivity contribution in [2.24, 2.45) is 0 Å². The van der Waals surface area contributed by atoms with Crippen molar-refractivity contribution in [3.8, 4) is 11.4 Å². The Hall–Kier alpha value is -4.41. The molecular formula is C29H21F8N5O3S. The number of fused-ring (bicyclic) bond motifs is 3. The molecule has 1 amide bonds. The Morgan fingerprint density at radius 3 is 2.15 bits per heavy atom. The van der Waals surface area contributed by atoms with Gasteiger partial charge in [-0.3, -0.25) is 4.79 Å². The molecule has 17 heteroatoms. The Labute approximate surface area is 255 Å². The summed E-state index contributed by atoms with van der Waals surface area (Å²) in [7, 11) is -4.61. The highest BCUT2D eigenvalue weighted by Gasteiger charge is 2.73. The Bertz CT molecular complexity index is 1880. The van der Waals surface area contributed by atoms with E-state index in [1.807, 2.05) is 0 Å². The van der Waals surface area contributed by atoms with Crippen LogP contribution in [0.3, 0.4) is 0 Å². The van der Waals surface area contributed by atoms with Crippen LogP contribution >= 0.6 is 0 Å². The predicted molar refractivity (Wildman–Crippen MR) is 144 cm³/mol. The monoisotopic (exact) mass is 671 g/mol. The number of carbonyl (C=O) groups is 1. The number of sulfone groups is 1. The zero-order chi connectivity index (χ0) is 33.3. The van der Waals surface area contributed by atoms with E-state index in [9.17, 15) is 43.9 Å². The van der Waals surface area contributed by atoms with E-state index in [1.54, 1.807) is 12.1 Å². The third-order valence-electron chi connectivity index (χ3n) is 8.67. The Morgan fingerprint density at radius 2 is 1.57 bits per heavy atom. The van der Waals surface area contributed by atoms with E-state index >= 15 is 4.39 Å². The number of alkyl halides is 7. The molecule has 242 valence electrons. The number of hydrogen-bond donors (Lipinski definition) is 1. The van der Waals surface area contributed by atoms with E-state index in [1.165, 1.54) is 17.0 Å². The Morgan fingerprint density at radius 1 is 0.913 bits per heavy atom. The zero-order valence-electron chi connectivity index (χ0n) is 23.2. The van der Waals surface area contributed by atoms with Crippen molar-refractivity contribution in [3.63, 3.8) is 0 Å². The second kappa shape index (κ2) is 10.6. The van der Waals surface area contributed by atoms with Crippen LogP contribution in [0.4, 0.5) is 35.1 Å². The van der Waals surface area contributed by atoms with Gasteiger partial charge in [0, 0.05) is 23.2 Å². The lowest BCUT2D eigenvalue weighted by atomic mass is 9.76. The van der Waals surface area contributed by atoms with E-state index in [2.05, 4.69) is 20.6 Å². The van der Waals surface area contributed by atoms with Crippen LogP contribution in [0, 0.1) is 5.82 Å². The maximum Gasteiger partial charge on any atom is 0.435 e. The van der Waals surface area contributed by atoms with Crippen molar-refractivity contribution < 1.29 is 48.3 Å². The molecule has 1 aliphatic carbocycles. The van der Waals surface area contributed by atoms with Gasteiger partial charge in [-0.25, -0.2) is 17.2 Å². The van der Waals surface area contributed by atoms with Gasteiger partial charge in [0.1, 0.15) is 10.6 Å². The molecule has 0 saturated carbocycles. The average molecular weight is 672 g/mol. The Kier molecular flexibility index (Phi) is 7.25. The summed E-state index contributed by atoms with van der Waals surface area (Å²) in [6.45, 7) is -0.157. The molecule has 1 aliphatic heterocycles. The molecule has 3 aromatic carbocycles. The maximum atomic E-state index is 15.0. The number of aryl methyl sites for hydroxylation is 1. The second-order valence-corrected chi connectivity index (χ2v) is 13.2. The number of hydrogen-bond acceptors (Lipinski definition) is 6. The van der Waals surface area contributed by atoms with E-state index in [-0.39, 0.29) is 59.3 Å². The number of halogens is 8. The standard InChI is InChI=1S/C29H21F8N5O3S/c30-20-7-9-21(10-8-20)46(44,45)26-13-14-42(25(43)17-3-1-16(2-4-17)24-38-40-41-39-24)23(26)12-5-18-15-19(6-11-22(18)26)27(31,28(32,33)34)29(35,36)37/h1-4,6-11,15,23H,5,12-14H2,(H,38,39,40,41)/t23-,26-/m0/s1. The second-order valence-electron chi connectivity index (χ2n) is 11.0. The first-order valence-electron chi connectivity index (χ1n) is 13.6. The summed E-state index contributed by atoms with van der Waals surface area (Å²) in [6, 6.07) is 10.1. The molecule has 2 atom stereocenters. The molecule has 1 N–H and O–H groups in total. The molecule has 1 aromatic heterocycles. The number of H-pyrrole nitrogens is 1. The topological polar surface area (TPSA) is 109 Å². The molecule has 6 rings (SSSR count). The minimum Gasteiger partial charge on any atom is -0.334 e. The highest BCUT2D eigenvalue weighted by Crippen LogP contribution is 2.56. The van der Waals surface area contributed by atoms with Crippen LogP contribution < -0.4 is 0 Å². The van der Waals surface area contributed by atoms with Crippen molar-refractivity contribution in [3.05, 3.63) is 94.8 Å². The number of tetrazole rings is 1. The predicted octanol–water partition coefficient (Wildman–Crippen LogP) is 5.83. The lowest BCUT2D eigenvalue weighted by Gasteiger charge is -2.43. The number of aromatic nitrogens is 4. The maximum absolute atomic E-state index is 15.0. The molecular weight excluding hydrogens is 650 g/mol. The molecule has 0 spiro atoms. The lowest BCUT2D eigenvalue weighted by Crippen LogP contribution is -2.53. The average Bonchev–Trinajstić information content (AvgIpc) is 3.69. The lowest BCUT2D eigenvalue weighted by molar-refractivity contribution is -0.348. The Balaban J connectivity index is 1.47. The van der Waals surface area contributed by atoms with Crippen LogP contribution in [0.5, 0.6) is 0 Å². The number of nitrogens with one attached hydrogen (secondary N) is 1. The van der Waals surface area contributed by atoms with Gasteiger partial charge in [0.05, 0.1) is 10.9 Å². The smallest absolute Gasteiger partial charge is 0.334 e. The van der Waals surface area contributed by atoms with Gasteiger partial charge >= 0.3 is 18.0 Å². The minimum atomic E-state index is -6.37. The number of amides is 1. The number of rotatable bonds is 5. The fourth-order valence-corrected chi connectivity index (χ4v) is 8.88. The molecule has 8 nitrogen and oxygen atoms in total. The minimum absolute atomic E-state index is 0.154. The van der Waals surface area contributed by atoms with Gasteiger partial charge in [0.2, 0.25) is 5.82 Å². The zero-order valence-corrected chi connectivity index (χ0v) is 24.0. The number of aromatic amines is 1. The highest BCUT2D eigenvalue weighted by atomic mass is 32.2. The van der Waals surface area contributed by atoms with Crippen molar-refractivity contribution >= 4 is 15.7 Å². The van der Waals surface area contributed by atoms with Crippen LogP contribution in [0.25, 0.3) is 11.4 Å². The van der Waals surface area contributed by atoms with E-state index in [4.69, 9.17) is 0 Å². The molecule has 0 bridgehead atoms. The molecule has 1 fully saturated rings. The van der Waals surface area contributed by atoms with Crippen molar-refractivity contribution in [1.29, 1.82) is 0 Å². The van der Waals surface area contributed by atoms with Crippen molar-refractivity contribution in [2.45, 2.75) is 53.0 Å². The summed E-state index contributed by atoms with van der Waals surface area (Å²) in [6.07, 6.45) is -13.5. The quantitative estimate of drug-likeness (QED) is 0.212. The summed E-state index contributed by atoms with van der Waals surface area (Å²) in [5, 5.41) is 13.5. The fraction of sp³-hybridized carbons (Fsp3) is 0.310. The van der Waals surface area contributed by atoms with Crippen LogP contribution in [0.2, 0.25) is 0 Å². The number of benzene rings is 3. The summed E-state index contributed by atoms with van der Waals surface area (Å²) in [5.74, 6) is -1.09. The van der Waals surface area contributed by atoms with Gasteiger partial charge < -0.3 is 4.90 Å². The highest BCUT2D eigenvalue weighted by molar-refractivity contribution is 7.92. The van der Waals surface area contributed by atoms with Crippen LogP contribution in [-0.4, -0.2) is 64.8 Å². The SMILES string of the molecule is O=C(c1ccc(-c2nn[nH]n2)cc1)N1CC[C@]2(S(=O)(=O)c3ccc(F)cc3)c3ccc(C(F)(C(F)(F)F)C(F)(F)F)cc3CC[C@H]12. The molecule has 0 unspecified atom stereocenters. The van der Waals surface area contributed by atoms with Crippen LogP contribution in [0.1, 0.15) is 39.9 Å². The third-order valence-corrected chi connectivity index (χ3v) is 11.2. The first-order valence-corrected chi connectivity index (χ1v) is 15.1. The van der Waals surface area contributed by atoms with Crippen LogP contribution in [0.15, 0.2) is 71.6 Å². The normalized spacial score (nSPS) is 20.3.